The van der Waals surface area contributed by atoms with Crippen molar-refractivity contribution < 1.29 is 0 Å². The van der Waals surface area contributed by atoms with Gasteiger partial charge in [0.1, 0.15) is 0 Å². The van der Waals surface area contributed by atoms with E-state index in [0.29, 0.717) is 5.41 Å². The number of rotatable bonds is 1. The van der Waals surface area contributed by atoms with Crippen LogP contribution in [0.15, 0.2) is 18.2 Å². The first-order chi connectivity index (χ1) is 7.69. The third kappa shape index (κ3) is 1.61. The molecule has 2 nitrogen and oxygen atoms in total. The third-order valence-corrected chi connectivity index (χ3v) is 4.37. The number of nitrogens with one attached hydrogen (secondary N) is 1. The van der Waals surface area contributed by atoms with Crippen LogP contribution < -0.4 is 10.2 Å². The second kappa shape index (κ2) is 3.64. The van der Waals surface area contributed by atoms with Crippen LogP contribution in [0.5, 0.6) is 0 Å². The highest BCUT2D eigenvalue weighted by Crippen LogP contribution is 2.37. The van der Waals surface area contributed by atoms with E-state index in [1.807, 2.05) is 6.92 Å². The molecule has 3 heteroatoms. The molecule has 0 unspecified atom stereocenters. The molecule has 3 rings (SSSR count). The molecule has 0 aliphatic carbocycles. The average molecular weight is 237 g/mol. The molecule has 2 saturated heterocycles. The number of halogens is 1. The van der Waals surface area contributed by atoms with Crippen LogP contribution in [0.1, 0.15) is 12.0 Å². The predicted octanol–water partition coefficient (Wildman–Crippen LogP) is 2.45. The molecule has 2 fully saturated rings. The number of aryl methyl sites for hydroxylation is 1. The first kappa shape index (κ1) is 10.4. The van der Waals surface area contributed by atoms with Gasteiger partial charge in [-0.25, -0.2) is 0 Å². The monoisotopic (exact) mass is 236 g/mol. The van der Waals surface area contributed by atoms with E-state index in [0.717, 1.165) is 10.6 Å². The Labute approximate surface area is 102 Å². The van der Waals surface area contributed by atoms with Crippen LogP contribution in [0.3, 0.4) is 0 Å². The summed E-state index contributed by atoms with van der Waals surface area (Å²) in [6.07, 6.45) is 1.31. The van der Waals surface area contributed by atoms with Crippen molar-refractivity contribution in [3.05, 3.63) is 28.8 Å². The molecule has 86 valence electrons. The zero-order valence-electron chi connectivity index (χ0n) is 9.59. The number of anilines is 1. The Kier molecular flexibility index (Phi) is 2.37. The van der Waals surface area contributed by atoms with Crippen molar-refractivity contribution in [2.75, 3.05) is 31.1 Å². The van der Waals surface area contributed by atoms with E-state index >= 15 is 0 Å². The van der Waals surface area contributed by atoms with E-state index in [2.05, 4.69) is 28.4 Å². The van der Waals surface area contributed by atoms with Crippen molar-refractivity contribution in [1.29, 1.82) is 0 Å². The molecule has 0 bridgehead atoms. The predicted molar refractivity (Wildman–Crippen MR) is 68.3 cm³/mol. The van der Waals surface area contributed by atoms with E-state index in [1.54, 1.807) is 0 Å². The lowest BCUT2D eigenvalue weighted by atomic mass is 9.81. The summed E-state index contributed by atoms with van der Waals surface area (Å²) in [7, 11) is 0. The lowest BCUT2D eigenvalue weighted by Gasteiger charge is -2.39. The normalized spacial score (nSPS) is 22.5. The molecule has 2 heterocycles. The second-order valence-corrected chi connectivity index (χ2v) is 5.62. The van der Waals surface area contributed by atoms with E-state index in [9.17, 15) is 0 Å². The van der Waals surface area contributed by atoms with Gasteiger partial charge in [0.05, 0.1) is 0 Å². The van der Waals surface area contributed by atoms with Crippen molar-refractivity contribution in [2.24, 2.45) is 5.41 Å². The highest BCUT2D eigenvalue weighted by atomic mass is 35.5. The maximum atomic E-state index is 6.17. The van der Waals surface area contributed by atoms with Gasteiger partial charge in [-0.1, -0.05) is 17.7 Å². The first-order valence-corrected chi connectivity index (χ1v) is 6.28. The fourth-order valence-electron chi connectivity index (χ4n) is 2.70. The van der Waals surface area contributed by atoms with Gasteiger partial charge in [0, 0.05) is 42.3 Å². The Bertz CT molecular complexity index is 412. The minimum absolute atomic E-state index is 0.553. The van der Waals surface area contributed by atoms with Crippen LogP contribution in [-0.2, 0) is 0 Å². The van der Waals surface area contributed by atoms with Gasteiger partial charge in [-0.15, -0.1) is 0 Å². The summed E-state index contributed by atoms with van der Waals surface area (Å²) in [5.74, 6) is 0. The first-order valence-electron chi connectivity index (χ1n) is 5.90. The number of hydrogen-bond acceptors (Lipinski definition) is 2. The fourth-order valence-corrected chi connectivity index (χ4v) is 2.88. The Hall–Kier alpha value is -0.730. The molecule has 1 aromatic rings. The fraction of sp³-hybridized carbons (Fsp3) is 0.538. The second-order valence-electron chi connectivity index (χ2n) is 5.21. The third-order valence-electron chi connectivity index (χ3n) is 3.96. The SMILES string of the molecule is Cc1ccc(N2CCC3(CNC3)C2)cc1Cl. The smallest absolute Gasteiger partial charge is 0.0455 e. The maximum absolute atomic E-state index is 6.17. The molecule has 0 aromatic heterocycles. The minimum atomic E-state index is 0.553. The molecule has 2 aliphatic rings. The number of hydrogen-bond donors (Lipinski definition) is 1. The van der Waals surface area contributed by atoms with Crippen LogP contribution in [0.4, 0.5) is 5.69 Å². The molecule has 1 N–H and O–H groups in total. The summed E-state index contributed by atoms with van der Waals surface area (Å²) in [6, 6.07) is 6.40. The molecule has 2 aliphatic heterocycles. The van der Waals surface area contributed by atoms with Gasteiger partial charge >= 0.3 is 0 Å². The van der Waals surface area contributed by atoms with Crippen molar-refractivity contribution in [1.82, 2.24) is 5.32 Å². The highest BCUT2D eigenvalue weighted by Gasteiger charge is 2.42. The molecule has 1 spiro atoms. The zero-order valence-corrected chi connectivity index (χ0v) is 10.3. The lowest BCUT2D eigenvalue weighted by molar-refractivity contribution is 0.200. The number of nitrogens with zero attached hydrogens (tertiary/aromatic N) is 1. The van der Waals surface area contributed by atoms with Gasteiger partial charge in [0.25, 0.3) is 0 Å². The molecule has 0 amide bonds. The largest absolute Gasteiger partial charge is 0.371 e. The van der Waals surface area contributed by atoms with Crippen LogP contribution >= 0.6 is 11.6 Å². The summed E-state index contributed by atoms with van der Waals surface area (Å²) in [4.78, 5) is 2.46. The maximum Gasteiger partial charge on any atom is 0.0455 e. The van der Waals surface area contributed by atoms with E-state index in [4.69, 9.17) is 11.6 Å². The average Bonchev–Trinajstić information content (AvgIpc) is 2.66. The summed E-state index contributed by atoms with van der Waals surface area (Å²) >= 11 is 6.17. The van der Waals surface area contributed by atoms with E-state index < -0.39 is 0 Å². The quantitative estimate of drug-likeness (QED) is 0.806. The van der Waals surface area contributed by atoms with Crippen molar-refractivity contribution in [2.45, 2.75) is 13.3 Å². The summed E-state index contributed by atoms with van der Waals surface area (Å²) in [5.41, 5.74) is 2.99. The molecule has 0 radical (unpaired) electrons. The van der Waals surface area contributed by atoms with Crippen LogP contribution in [0.25, 0.3) is 0 Å². The van der Waals surface area contributed by atoms with Gasteiger partial charge in [-0.3, -0.25) is 0 Å². The molecule has 1 aromatic carbocycles. The molecule has 16 heavy (non-hydrogen) atoms. The zero-order chi connectivity index (χ0) is 11.2. The van der Waals surface area contributed by atoms with Crippen LogP contribution in [0.2, 0.25) is 5.02 Å². The minimum Gasteiger partial charge on any atom is -0.371 e. The summed E-state index contributed by atoms with van der Waals surface area (Å²) in [6.45, 7) is 6.76. The van der Waals surface area contributed by atoms with E-state index in [1.165, 1.54) is 38.3 Å². The lowest BCUT2D eigenvalue weighted by Crippen LogP contribution is -2.54. The van der Waals surface area contributed by atoms with E-state index in [-0.39, 0.29) is 0 Å². The van der Waals surface area contributed by atoms with Gasteiger partial charge < -0.3 is 10.2 Å². The van der Waals surface area contributed by atoms with Crippen LogP contribution in [0, 0.1) is 12.3 Å². The molecule has 0 saturated carbocycles. The van der Waals surface area contributed by atoms with Gasteiger partial charge in [-0.05, 0) is 31.0 Å². The Morgan fingerprint density at radius 3 is 2.75 bits per heavy atom. The summed E-state index contributed by atoms with van der Waals surface area (Å²) < 4.78 is 0. The summed E-state index contributed by atoms with van der Waals surface area (Å²) in [5, 5.41) is 4.26. The number of benzene rings is 1. The molecule has 0 atom stereocenters. The Morgan fingerprint density at radius 2 is 2.19 bits per heavy atom. The molecular formula is C13H17ClN2. The van der Waals surface area contributed by atoms with Crippen molar-refractivity contribution >= 4 is 17.3 Å². The van der Waals surface area contributed by atoms with Gasteiger partial charge in [0.2, 0.25) is 0 Å². The molecular weight excluding hydrogens is 220 g/mol. The Morgan fingerprint density at radius 1 is 1.38 bits per heavy atom. The topological polar surface area (TPSA) is 15.3 Å². The van der Waals surface area contributed by atoms with Gasteiger partial charge in [-0.2, -0.15) is 0 Å². The Balaban J connectivity index is 1.80. The van der Waals surface area contributed by atoms with Crippen LogP contribution in [-0.4, -0.2) is 26.2 Å². The standard InChI is InChI=1S/C13H17ClN2/c1-10-2-3-11(6-12(10)14)16-5-4-13(9-16)7-15-8-13/h2-3,6,15H,4-5,7-9H2,1H3. The van der Waals surface area contributed by atoms with Crippen molar-refractivity contribution in [3.63, 3.8) is 0 Å². The highest BCUT2D eigenvalue weighted by molar-refractivity contribution is 6.31. The van der Waals surface area contributed by atoms with Crippen molar-refractivity contribution in [3.8, 4) is 0 Å². The van der Waals surface area contributed by atoms with Gasteiger partial charge in [0.15, 0.2) is 0 Å².